The van der Waals surface area contributed by atoms with Crippen LogP contribution in [0.2, 0.25) is 0 Å². The Morgan fingerprint density at radius 2 is 1.91 bits per heavy atom. The molecule has 5 heteroatoms. The van der Waals surface area contributed by atoms with Gasteiger partial charge in [0, 0.05) is 7.05 Å². The first-order valence-electron chi connectivity index (χ1n) is 7.03. The van der Waals surface area contributed by atoms with Crippen molar-refractivity contribution in [2.75, 3.05) is 7.05 Å². The Morgan fingerprint density at radius 1 is 1.18 bits per heavy atom. The van der Waals surface area contributed by atoms with Crippen LogP contribution in [0.1, 0.15) is 16.7 Å². The van der Waals surface area contributed by atoms with Crippen LogP contribution < -0.4 is 20.6 Å². The molecule has 0 aliphatic carbocycles. The fourth-order valence-electron chi connectivity index (χ4n) is 1.90. The Kier molecular flexibility index (Phi) is 5.91. The van der Waals surface area contributed by atoms with E-state index in [0.717, 1.165) is 11.3 Å². The molecule has 0 saturated carbocycles. The summed E-state index contributed by atoms with van der Waals surface area (Å²) in [6.07, 6.45) is 1.82. The van der Waals surface area contributed by atoms with Crippen LogP contribution in [0.15, 0.2) is 48.5 Å². The number of rotatable bonds is 5. The quantitative estimate of drug-likeness (QED) is 0.439. The molecular weight excluding hydrogens is 294 g/mol. The van der Waals surface area contributed by atoms with Gasteiger partial charge in [-0.05, 0) is 42.4 Å². The number of hydrazone groups is 1. The number of hydrogen-bond donors (Lipinski definition) is 3. The van der Waals surface area contributed by atoms with Gasteiger partial charge < -0.3 is 10.1 Å². The van der Waals surface area contributed by atoms with E-state index in [-0.39, 0.29) is 0 Å². The molecule has 0 radical (unpaired) electrons. The van der Waals surface area contributed by atoms with Gasteiger partial charge in [-0.2, -0.15) is 0 Å². The maximum atomic E-state index is 5.94. The molecule has 2 rings (SSSR count). The van der Waals surface area contributed by atoms with Crippen molar-refractivity contribution in [3.05, 3.63) is 65.2 Å². The second kappa shape index (κ2) is 8.14. The largest absolute Gasteiger partial charge is 0.488 e. The SMILES string of the molecule is CNC(=S)N[NH+]=Cc1ccccc1OCc1ccccc1C. The van der Waals surface area contributed by atoms with Crippen molar-refractivity contribution < 1.29 is 9.84 Å². The summed E-state index contributed by atoms with van der Waals surface area (Å²) in [6, 6.07) is 16.1. The normalized spacial score (nSPS) is 10.5. The highest BCUT2D eigenvalue weighted by Crippen LogP contribution is 2.18. The Bertz CT molecular complexity index is 670. The summed E-state index contributed by atoms with van der Waals surface area (Å²) >= 11 is 5.00. The van der Waals surface area contributed by atoms with Crippen LogP contribution >= 0.6 is 12.2 Å². The molecule has 0 spiro atoms. The summed E-state index contributed by atoms with van der Waals surface area (Å²) in [4.78, 5) is 0. The van der Waals surface area contributed by atoms with Gasteiger partial charge in [0.2, 0.25) is 11.3 Å². The van der Waals surface area contributed by atoms with Crippen LogP contribution in [-0.2, 0) is 6.61 Å². The molecule has 0 atom stereocenters. The van der Waals surface area contributed by atoms with Gasteiger partial charge in [-0.3, -0.25) is 0 Å². The maximum absolute atomic E-state index is 5.94. The Labute approximate surface area is 136 Å². The minimum absolute atomic E-state index is 0.523. The van der Waals surface area contributed by atoms with Crippen LogP contribution in [0.5, 0.6) is 5.75 Å². The highest BCUT2D eigenvalue weighted by molar-refractivity contribution is 7.80. The Morgan fingerprint density at radius 3 is 2.68 bits per heavy atom. The summed E-state index contributed by atoms with van der Waals surface area (Å²) in [5.41, 5.74) is 6.20. The van der Waals surface area contributed by atoms with E-state index < -0.39 is 0 Å². The molecule has 0 saturated heterocycles. The topological polar surface area (TPSA) is 47.3 Å². The fraction of sp³-hybridized carbons (Fsp3) is 0.176. The van der Waals surface area contributed by atoms with Gasteiger partial charge >= 0.3 is 0 Å². The molecule has 0 fully saturated rings. The number of ether oxygens (including phenoxy) is 1. The molecule has 0 aromatic heterocycles. The van der Waals surface area contributed by atoms with E-state index in [1.54, 1.807) is 7.05 Å². The summed E-state index contributed by atoms with van der Waals surface area (Å²) in [6.45, 7) is 2.63. The van der Waals surface area contributed by atoms with Crippen LogP contribution in [0.25, 0.3) is 0 Å². The summed E-state index contributed by atoms with van der Waals surface area (Å²) < 4.78 is 5.94. The number of hydrazine groups is 1. The maximum Gasteiger partial charge on any atom is 0.223 e. The number of nitrogens with one attached hydrogen (secondary N) is 3. The number of para-hydroxylation sites is 1. The van der Waals surface area contributed by atoms with Crippen LogP contribution in [-0.4, -0.2) is 18.4 Å². The van der Waals surface area contributed by atoms with E-state index in [0.29, 0.717) is 11.7 Å². The third-order valence-corrected chi connectivity index (χ3v) is 3.51. The second-order valence-corrected chi connectivity index (χ2v) is 5.15. The van der Waals surface area contributed by atoms with E-state index in [4.69, 9.17) is 17.0 Å². The number of hydrogen-bond acceptors (Lipinski definition) is 2. The molecule has 0 heterocycles. The minimum atomic E-state index is 0.523. The van der Waals surface area contributed by atoms with Crippen molar-refractivity contribution in [2.45, 2.75) is 13.5 Å². The van der Waals surface area contributed by atoms with E-state index in [9.17, 15) is 0 Å². The lowest BCUT2D eigenvalue weighted by Gasteiger charge is -2.09. The lowest BCUT2D eigenvalue weighted by atomic mass is 10.1. The zero-order chi connectivity index (χ0) is 15.8. The lowest BCUT2D eigenvalue weighted by molar-refractivity contribution is -0.500. The van der Waals surface area contributed by atoms with Crippen LogP contribution in [0.3, 0.4) is 0 Å². The summed E-state index contributed by atoms with van der Waals surface area (Å²) in [5, 5.41) is 6.29. The molecule has 22 heavy (non-hydrogen) atoms. The first kappa shape index (κ1) is 16.0. The second-order valence-electron chi connectivity index (χ2n) is 4.75. The van der Waals surface area contributed by atoms with Crippen molar-refractivity contribution in [3.8, 4) is 5.75 Å². The van der Waals surface area contributed by atoms with Crippen LogP contribution in [0, 0.1) is 6.92 Å². The lowest BCUT2D eigenvalue weighted by Crippen LogP contribution is -2.82. The van der Waals surface area contributed by atoms with Crippen molar-refractivity contribution >= 4 is 23.5 Å². The molecule has 0 bridgehead atoms. The van der Waals surface area contributed by atoms with Gasteiger partial charge in [0.25, 0.3) is 0 Å². The molecule has 114 valence electrons. The van der Waals surface area contributed by atoms with Crippen molar-refractivity contribution in [1.82, 2.24) is 10.7 Å². The van der Waals surface area contributed by atoms with E-state index >= 15 is 0 Å². The average Bonchev–Trinajstić information content (AvgIpc) is 2.55. The third-order valence-electron chi connectivity index (χ3n) is 3.20. The summed E-state index contributed by atoms with van der Waals surface area (Å²) in [5.74, 6) is 0.815. The monoisotopic (exact) mass is 314 g/mol. The van der Waals surface area contributed by atoms with Crippen molar-refractivity contribution in [1.29, 1.82) is 0 Å². The van der Waals surface area contributed by atoms with Gasteiger partial charge in [0.1, 0.15) is 12.4 Å². The van der Waals surface area contributed by atoms with E-state index in [2.05, 4.69) is 34.9 Å². The molecule has 2 aromatic carbocycles. The van der Waals surface area contributed by atoms with Gasteiger partial charge in [0.05, 0.1) is 5.56 Å². The molecule has 0 aliphatic rings. The van der Waals surface area contributed by atoms with Crippen molar-refractivity contribution in [3.63, 3.8) is 0 Å². The first-order valence-corrected chi connectivity index (χ1v) is 7.44. The predicted molar refractivity (Wildman–Crippen MR) is 92.9 cm³/mol. The highest BCUT2D eigenvalue weighted by atomic mass is 32.1. The standard InChI is InChI=1S/C17H19N3OS/c1-13-7-3-4-9-15(13)12-21-16-10-6-5-8-14(16)11-19-20-17(22)18-2/h3-11H,12H2,1-2H3,(H2,18,20,22)/p+1. The third kappa shape index (κ3) is 4.56. The molecule has 0 amide bonds. The van der Waals surface area contributed by atoms with E-state index in [1.165, 1.54) is 11.1 Å². The average molecular weight is 314 g/mol. The fourth-order valence-corrected chi connectivity index (χ4v) is 1.96. The molecular formula is C17H20N3OS+. The van der Waals surface area contributed by atoms with Gasteiger partial charge in [-0.25, -0.2) is 0 Å². The first-order chi connectivity index (χ1) is 10.7. The molecule has 2 aromatic rings. The zero-order valence-corrected chi connectivity index (χ0v) is 13.5. The highest BCUT2D eigenvalue weighted by Gasteiger charge is 2.05. The van der Waals surface area contributed by atoms with Gasteiger partial charge in [-0.1, -0.05) is 36.4 Å². The molecule has 0 aliphatic heterocycles. The molecule has 3 N–H and O–H groups in total. The summed E-state index contributed by atoms with van der Waals surface area (Å²) in [7, 11) is 1.76. The van der Waals surface area contributed by atoms with E-state index in [1.807, 2.05) is 42.6 Å². The van der Waals surface area contributed by atoms with Gasteiger partial charge in [-0.15, -0.1) is 10.5 Å². The molecule has 0 unspecified atom stereocenters. The number of benzene rings is 2. The van der Waals surface area contributed by atoms with Crippen molar-refractivity contribution in [2.24, 2.45) is 0 Å². The number of thiocarbonyl (C=S) groups is 1. The Balaban J connectivity index is 2.05. The minimum Gasteiger partial charge on any atom is -0.488 e. The van der Waals surface area contributed by atoms with Crippen LogP contribution in [0.4, 0.5) is 0 Å². The predicted octanol–water partition coefficient (Wildman–Crippen LogP) is 1.08. The zero-order valence-electron chi connectivity index (χ0n) is 12.7. The smallest absolute Gasteiger partial charge is 0.223 e. The number of aryl methyl sites for hydroxylation is 1. The Hall–Kier alpha value is -2.40. The molecule has 4 nitrogen and oxygen atoms in total. The van der Waals surface area contributed by atoms with Gasteiger partial charge in [0.15, 0.2) is 0 Å².